The monoisotopic (exact) mass is 285 g/mol. The van der Waals surface area contributed by atoms with Gasteiger partial charge in [-0.1, -0.05) is 0 Å². The molecule has 0 aliphatic carbocycles. The number of aromatic nitrogens is 2. The van der Waals surface area contributed by atoms with Crippen LogP contribution in [0.25, 0.3) is 11.0 Å². The fourth-order valence-corrected chi connectivity index (χ4v) is 4.12. The lowest BCUT2D eigenvalue weighted by atomic mass is 9.64. The van der Waals surface area contributed by atoms with Crippen molar-refractivity contribution >= 4 is 11.0 Å². The van der Waals surface area contributed by atoms with Crippen LogP contribution in [0.1, 0.15) is 24.8 Å². The SMILES string of the molecule is c1cc2cc(CC3COCCC34CCNCC4)cnc2[nH]1. The molecule has 1 atom stereocenters. The second kappa shape index (κ2) is 5.43. The number of ether oxygens (including phenoxy) is 1. The van der Waals surface area contributed by atoms with Crippen LogP contribution in [0.5, 0.6) is 0 Å². The molecule has 0 aromatic carbocycles. The Morgan fingerprint density at radius 1 is 1.29 bits per heavy atom. The third-order valence-electron chi connectivity index (χ3n) is 5.47. The van der Waals surface area contributed by atoms with Crippen molar-refractivity contribution in [3.63, 3.8) is 0 Å². The molecule has 2 saturated heterocycles. The first-order valence-corrected chi connectivity index (χ1v) is 8.06. The maximum atomic E-state index is 5.81. The van der Waals surface area contributed by atoms with Crippen LogP contribution < -0.4 is 5.32 Å². The molecule has 2 aliphatic heterocycles. The van der Waals surface area contributed by atoms with Crippen molar-refractivity contribution in [3.8, 4) is 0 Å². The summed E-state index contributed by atoms with van der Waals surface area (Å²) in [6, 6.07) is 4.38. The van der Waals surface area contributed by atoms with E-state index >= 15 is 0 Å². The maximum Gasteiger partial charge on any atom is 0.137 e. The van der Waals surface area contributed by atoms with Crippen molar-refractivity contribution in [1.29, 1.82) is 0 Å². The van der Waals surface area contributed by atoms with E-state index < -0.39 is 0 Å². The molecule has 112 valence electrons. The zero-order valence-electron chi connectivity index (χ0n) is 12.4. The van der Waals surface area contributed by atoms with Crippen LogP contribution in [0.4, 0.5) is 0 Å². The highest BCUT2D eigenvalue weighted by atomic mass is 16.5. The van der Waals surface area contributed by atoms with Gasteiger partial charge in [0.05, 0.1) is 6.61 Å². The number of hydrogen-bond acceptors (Lipinski definition) is 3. The van der Waals surface area contributed by atoms with E-state index in [1.54, 1.807) is 0 Å². The lowest BCUT2D eigenvalue weighted by Crippen LogP contribution is -2.47. The third-order valence-corrected chi connectivity index (χ3v) is 5.47. The number of pyridine rings is 1. The summed E-state index contributed by atoms with van der Waals surface area (Å²) in [4.78, 5) is 7.69. The number of H-pyrrole nitrogens is 1. The van der Waals surface area contributed by atoms with E-state index in [2.05, 4.69) is 27.4 Å². The Labute approximate surface area is 125 Å². The van der Waals surface area contributed by atoms with Crippen molar-refractivity contribution in [1.82, 2.24) is 15.3 Å². The quantitative estimate of drug-likeness (QED) is 0.891. The minimum atomic E-state index is 0.483. The zero-order chi connectivity index (χ0) is 14.1. The predicted molar refractivity (Wildman–Crippen MR) is 83.3 cm³/mol. The minimum absolute atomic E-state index is 0.483. The molecule has 21 heavy (non-hydrogen) atoms. The maximum absolute atomic E-state index is 5.81. The summed E-state index contributed by atoms with van der Waals surface area (Å²) < 4.78 is 5.81. The minimum Gasteiger partial charge on any atom is -0.381 e. The fourth-order valence-electron chi connectivity index (χ4n) is 4.12. The molecule has 2 N–H and O–H groups in total. The lowest BCUT2D eigenvalue weighted by molar-refractivity contribution is -0.0567. The smallest absolute Gasteiger partial charge is 0.137 e. The average Bonchev–Trinajstić information content (AvgIpc) is 2.98. The summed E-state index contributed by atoms with van der Waals surface area (Å²) in [5.74, 6) is 0.631. The van der Waals surface area contributed by atoms with Gasteiger partial charge in [0.2, 0.25) is 0 Å². The first-order valence-electron chi connectivity index (χ1n) is 8.06. The normalized spacial score (nSPS) is 25.4. The van der Waals surface area contributed by atoms with Gasteiger partial charge in [0, 0.05) is 24.4 Å². The van der Waals surface area contributed by atoms with E-state index in [1.807, 2.05) is 12.4 Å². The molecular formula is C17H23N3O. The molecule has 4 rings (SSSR count). The number of fused-ring (bicyclic) bond motifs is 1. The summed E-state index contributed by atoms with van der Waals surface area (Å²) in [5.41, 5.74) is 2.81. The average molecular weight is 285 g/mol. The van der Waals surface area contributed by atoms with Gasteiger partial charge in [0.1, 0.15) is 5.65 Å². The van der Waals surface area contributed by atoms with Crippen molar-refractivity contribution in [3.05, 3.63) is 30.1 Å². The standard InChI is InChI=1S/C17H23N3O/c1-5-19-16-14(1)9-13(11-20-16)10-15-12-21-8-4-17(15)2-6-18-7-3-17/h1,5,9,11,15,18H,2-4,6-8,10,12H2,(H,19,20). The summed E-state index contributed by atoms with van der Waals surface area (Å²) in [5, 5.41) is 4.72. The fraction of sp³-hybridized carbons (Fsp3) is 0.588. The number of rotatable bonds is 2. The Morgan fingerprint density at radius 2 is 2.19 bits per heavy atom. The van der Waals surface area contributed by atoms with Crippen LogP contribution in [0, 0.1) is 11.3 Å². The number of nitrogens with one attached hydrogen (secondary N) is 2. The number of aromatic amines is 1. The first kappa shape index (κ1) is 13.3. The molecule has 1 unspecified atom stereocenters. The molecule has 0 radical (unpaired) electrons. The van der Waals surface area contributed by atoms with Crippen LogP contribution in [-0.2, 0) is 11.2 Å². The lowest BCUT2D eigenvalue weighted by Gasteiger charge is -2.47. The summed E-state index contributed by atoms with van der Waals surface area (Å²) in [6.07, 6.45) is 8.89. The summed E-state index contributed by atoms with van der Waals surface area (Å²) in [7, 11) is 0. The third kappa shape index (κ3) is 2.47. The summed E-state index contributed by atoms with van der Waals surface area (Å²) in [6.45, 7) is 4.16. The van der Waals surface area contributed by atoms with E-state index in [4.69, 9.17) is 4.74 Å². The first-order chi connectivity index (χ1) is 10.4. The number of nitrogens with zero attached hydrogens (tertiary/aromatic N) is 1. The van der Waals surface area contributed by atoms with Gasteiger partial charge < -0.3 is 15.0 Å². The van der Waals surface area contributed by atoms with Gasteiger partial charge in [0.25, 0.3) is 0 Å². The molecular weight excluding hydrogens is 262 g/mol. The van der Waals surface area contributed by atoms with Crippen molar-refractivity contribution in [2.75, 3.05) is 26.3 Å². The molecule has 0 bridgehead atoms. The van der Waals surface area contributed by atoms with Crippen LogP contribution >= 0.6 is 0 Å². The molecule has 2 aromatic heterocycles. The molecule has 0 amide bonds. The van der Waals surface area contributed by atoms with E-state index in [9.17, 15) is 0 Å². The Kier molecular flexibility index (Phi) is 3.43. The van der Waals surface area contributed by atoms with Crippen LogP contribution in [-0.4, -0.2) is 36.3 Å². The Bertz CT molecular complexity index is 607. The number of hydrogen-bond donors (Lipinski definition) is 2. The van der Waals surface area contributed by atoms with Gasteiger partial charge in [-0.2, -0.15) is 0 Å². The van der Waals surface area contributed by atoms with E-state index in [0.717, 1.165) is 38.4 Å². The van der Waals surface area contributed by atoms with E-state index in [0.29, 0.717) is 11.3 Å². The molecule has 4 heteroatoms. The Hall–Kier alpha value is -1.39. The molecule has 2 fully saturated rings. The second-order valence-electron chi connectivity index (χ2n) is 6.60. The van der Waals surface area contributed by atoms with Crippen LogP contribution in [0.3, 0.4) is 0 Å². The van der Waals surface area contributed by atoms with Gasteiger partial charge in [-0.3, -0.25) is 0 Å². The van der Waals surface area contributed by atoms with Crippen molar-refractivity contribution < 1.29 is 4.74 Å². The highest BCUT2D eigenvalue weighted by molar-refractivity contribution is 5.75. The van der Waals surface area contributed by atoms with Gasteiger partial charge in [0.15, 0.2) is 0 Å². The van der Waals surface area contributed by atoms with Gasteiger partial charge in [-0.05, 0) is 67.8 Å². The molecule has 2 aliphatic rings. The van der Waals surface area contributed by atoms with Gasteiger partial charge in [-0.15, -0.1) is 0 Å². The molecule has 0 saturated carbocycles. The highest BCUT2D eigenvalue weighted by Gasteiger charge is 2.41. The van der Waals surface area contributed by atoms with Crippen LogP contribution in [0.2, 0.25) is 0 Å². The second-order valence-corrected chi connectivity index (χ2v) is 6.60. The van der Waals surface area contributed by atoms with Crippen molar-refractivity contribution in [2.24, 2.45) is 11.3 Å². The van der Waals surface area contributed by atoms with Gasteiger partial charge >= 0.3 is 0 Å². The van der Waals surface area contributed by atoms with Crippen LogP contribution in [0.15, 0.2) is 24.5 Å². The molecule has 2 aromatic rings. The molecule has 4 heterocycles. The molecule has 1 spiro atoms. The number of piperidine rings is 1. The summed E-state index contributed by atoms with van der Waals surface area (Å²) >= 11 is 0. The highest BCUT2D eigenvalue weighted by Crippen LogP contribution is 2.44. The van der Waals surface area contributed by atoms with E-state index in [1.165, 1.54) is 30.2 Å². The van der Waals surface area contributed by atoms with E-state index in [-0.39, 0.29) is 0 Å². The predicted octanol–water partition coefficient (Wildman–Crippen LogP) is 2.51. The Morgan fingerprint density at radius 3 is 3.10 bits per heavy atom. The largest absolute Gasteiger partial charge is 0.381 e. The van der Waals surface area contributed by atoms with Crippen molar-refractivity contribution in [2.45, 2.75) is 25.7 Å². The Balaban J connectivity index is 1.58. The molecule has 4 nitrogen and oxygen atoms in total. The topological polar surface area (TPSA) is 49.9 Å². The van der Waals surface area contributed by atoms with Gasteiger partial charge in [-0.25, -0.2) is 4.98 Å². The zero-order valence-corrected chi connectivity index (χ0v) is 12.4.